The number of carbonyl (C=O) groups excluding carboxylic acids is 2. The Kier molecular flexibility index (Phi) is 6.71. The molecule has 3 aromatic rings. The highest BCUT2D eigenvalue weighted by molar-refractivity contribution is 7.80. The molecule has 29 heavy (non-hydrogen) atoms. The van der Waals surface area contributed by atoms with Crippen LogP contribution in [0.25, 0.3) is 0 Å². The van der Waals surface area contributed by atoms with Crippen molar-refractivity contribution in [1.29, 1.82) is 0 Å². The fraction of sp³-hybridized carbons (Fsp3) is 0.0870. The lowest BCUT2D eigenvalue weighted by Crippen LogP contribution is -2.34. The van der Waals surface area contributed by atoms with E-state index >= 15 is 0 Å². The smallest absolute Gasteiger partial charge is 0.257 e. The topological polar surface area (TPSA) is 67.4 Å². The summed E-state index contributed by atoms with van der Waals surface area (Å²) in [6.07, 6.45) is 0. The number of rotatable bonds is 6. The van der Waals surface area contributed by atoms with Crippen LogP contribution in [0.5, 0.6) is 5.75 Å². The number of thiocarbonyl (C=S) groups is 1. The molecule has 0 aliphatic carbocycles. The molecular weight excluding hydrogens is 384 g/mol. The van der Waals surface area contributed by atoms with Gasteiger partial charge in [-0.2, -0.15) is 0 Å². The normalized spacial score (nSPS) is 10.1. The molecule has 0 heterocycles. The second-order valence-electron chi connectivity index (χ2n) is 6.34. The average Bonchev–Trinajstić information content (AvgIpc) is 2.73. The van der Waals surface area contributed by atoms with Crippen molar-refractivity contribution >= 4 is 34.7 Å². The van der Waals surface area contributed by atoms with E-state index in [0.717, 1.165) is 5.56 Å². The summed E-state index contributed by atoms with van der Waals surface area (Å²) < 4.78 is 5.72. The molecule has 0 bridgehead atoms. The van der Waals surface area contributed by atoms with Gasteiger partial charge >= 0.3 is 0 Å². The van der Waals surface area contributed by atoms with Gasteiger partial charge in [-0.3, -0.25) is 14.9 Å². The predicted octanol–water partition coefficient (Wildman–Crippen LogP) is 4.60. The number of ketones is 1. The molecule has 0 atom stereocenters. The van der Waals surface area contributed by atoms with Crippen molar-refractivity contribution in [2.24, 2.45) is 0 Å². The first kappa shape index (κ1) is 20.2. The molecule has 6 heteroatoms. The number of Topliss-reactive ketones (excluding diaryl/α,β-unsaturated/α-hetero) is 1. The van der Waals surface area contributed by atoms with Crippen LogP contribution in [0.3, 0.4) is 0 Å². The Hall–Kier alpha value is -3.51. The van der Waals surface area contributed by atoms with Gasteiger partial charge in [0.1, 0.15) is 12.4 Å². The summed E-state index contributed by atoms with van der Waals surface area (Å²) in [4.78, 5) is 23.8. The van der Waals surface area contributed by atoms with Crippen molar-refractivity contribution in [1.82, 2.24) is 5.32 Å². The molecule has 0 fully saturated rings. The van der Waals surface area contributed by atoms with E-state index in [0.29, 0.717) is 29.2 Å². The molecule has 5 nitrogen and oxygen atoms in total. The maximum Gasteiger partial charge on any atom is 0.257 e. The molecule has 0 aliphatic heterocycles. The van der Waals surface area contributed by atoms with Crippen molar-refractivity contribution < 1.29 is 14.3 Å². The van der Waals surface area contributed by atoms with Gasteiger partial charge in [0.25, 0.3) is 5.91 Å². The van der Waals surface area contributed by atoms with Crippen molar-refractivity contribution in [3.8, 4) is 5.75 Å². The van der Waals surface area contributed by atoms with Crippen molar-refractivity contribution in [2.75, 3.05) is 5.32 Å². The second-order valence-corrected chi connectivity index (χ2v) is 6.75. The minimum absolute atomic E-state index is 0.0434. The zero-order chi connectivity index (χ0) is 20.6. The Bertz CT molecular complexity index is 1020. The molecule has 0 spiro atoms. The largest absolute Gasteiger partial charge is 0.489 e. The van der Waals surface area contributed by atoms with E-state index < -0.39 is 0 Å². The van der Waals surface area contributed by atoms with Crippen LogP contribution in [0.2, 0.25) is 0 Å². The lowest BCUT2D eigenvalue weighted by molar-refractivity contribution is 0.0975. The van der Waals surface area contributed by atoms with Crippen molar-refractivity contribution in [3.63, 3.8) is 0 Å². The van der Waals surface area contributed by atoms with E-state index in [9.17, 15) is 9.59 Å². The monoisotopic (exact) mass is 404 g/mol. The predicted molar refractivity (Wildman–Crippen MR) is 117 cm³/mol. The maximum absolute atomic E-state index is 12.4. The minimum Gasteiger partial charge on any atom is -0.489 e. The summed E-state index contributed by atoms with van der Waals surface area (Å²) >= 11 is 5.19. The fourth-order valence-corrected chi connectivity index (χ4v) is 2.81. The maximum atomic E-state index is 12.4. The number of amides is 1. The van der Waals surface area contributed by atoms with Gasteiger partial charge in [-0.05, 0) is 61.1 Å². The first-order chi connectivity index (χ1) is 14.0. The average molecular weight is 404 g/mol. The number of anilines is 1. The molecule has 146 valence electrons. The molecule has 0 aliphatic rings. The van der Waals surface area contributed by atoms with Gasteiger partial charge in [0.2, 0.25) is 0 Å². The summed E-state index contributed by atoms with van der Waals surface area (Å²) in [7, 11) is 0. The van der Waals surface area contributed by atoms with Crippen LogP contribution in [-0.2, 0) is 6.61 Å². The zero-order valence-corrected chi connectivity index (χ0v) is 16.7. The number of ether oxygens (including phenoxy) is 1. The lowest BCUT2D eigenvalue weighted by atomic mass is 10.1. The number of benzene rings is 3. The van der Waals surface area contributed by atoms with Crippen molar-refractivity contribution in [3.05, 3.63) is 95.6 Å². The zero-order valence-electron chi connectivity index (χ0n) is 15.8. The Balaban J connectivity index is 1.54. The van der Waals surface area contributed by atoms with Crippen LogP contribution in [0.4, 0.5) is 5.69 Å². The third-order valence-corrected chi connectivity index (χ3v) is 4.32. The highest BCUT2D eigenvalue weighted by atomic mass is 32.1. The Morgan fingerprint density at radius 2 is 1.62 bits per heavy atom. The summed E-state index contributed by atoms with van der Waals surface area (Å²) in [5.74, 6) is 0.296. The van der Waals surface area contributed by atoms with Crippen LogP contribution in [0.15, 0.2) is 78.9 Å². The van der Waals surface area contributed by atoms with Gasteiger partial charge < -0.3 is 10.1 Å². The van der Waals surface area contributed by atoms with Gasteiger partial charge in [0, 0.05) is 16.8 Å². The van der Waals surface area contributed by atoms with E-state index in [1.54, 1.807) is 48.5 Å². The van der Waals surface area contributed by atoms with E-state index in [1.165, 1.54) is 6.92 Å². The van der Waals surface area contributed by atoms with Crippen LogP contribution < -0.4 is 15.4 Å². The standard InChI is InChI=1S/C23H20N2O3S/c1-16(26)19-8-5-9-20(14-19)24-23(29)25-22(27)18-10-12-21(13-11-18)28-15-17-6-3-2-4-7-17/h2-14H,15H2,1H3,(H2,24,25,27,29). The van der Waals surface area contributed by atoms with E-state index in [-0.39, 0.29) is 16.8 Å². The van der Waals surface area contributed by atoms with E-state index in [1.807, 2.05) is 30.3 Å². The third-order valence-electron chi connectivity index (χ3n) is 4.12. The third kappa shape index (κ3) is 5.99. The molecule has 2 N–H and O–H groups in total. The van der Waals surface area contributed by atoms with Gasteiger partial charge in [0.05, 0.1) is 0 Å². The summed E-state index contributed by atoms with van der Waals surface area (Å²) in [6, 6.07) is 23.6. The quantitative estimate of drug-likeness (QED) is 0.464. The highest BCUT2D eigenvalue weighted by Gasteiger charge is 2.09. The van der Waals surface area contributed by atoms with Crippen LogP contribution in [-0.4, -0.2) is 16.8 Å². The second kappa shape index (κ2) is 9.61. The van der Waals surface area contributed by atoms with E-state index in [2.05, 4.69) is 10.6 Å². The lowest BCUT2D eigenvalue weighted by Gasteiger charge is -2.11. The molecule has 0 saturated carbocycles. The first-order valence-corrected chi connectivity index (χ1v) is 9.42. The summed E-state index contributed by atoms with van der Waals surface area (Å²) in [5.41, 5.74) is 2.72. The first-order valence-electron chi connectivity index (χ1n) is 9.01. The summed E-state index contributed by atoms with van der Waals surface area (Å²) in [6.45, 7) is 1.95. The van der Waals surface area contributed by atoms with Gasteiger partial charge in [-0.15, -0.1) is 0 Å². The molecule has 0 aromatic heterocycles. The van der Waals surface area contributed by atoms with Crippen molar-refractivity contribution in [2.45, 2.75) is 13.5 Å². The molecule has 0 radical (unpaired) electrons. The molecule has 3 aromatic carbocycles. The molecule has 1 amide bonds. The molecule has 0 saturated heterocycles. The molecule has 3 rings (SSSR count). The number of nitrogens with one attached hydrogen (secondary N) is 2. The Morgan fingerprint density at radius 1 is 0.897 bits per heavy atom. The fourth-order valence-electron chi connectivity index (χ4n) is 2.60. The molecular formula is C23H20N2O3S. The Morgan fingerprint density at radius 3 is 2.31 bits per heavy atom. The minimum atomic E-state index is -0.333. The van der Waals surface area contributed by atoms with Gasteiger partial charge in [0.15, 0.2) is 10.9 Å². The highest BCUT2D eigenvalue weighted by Crippen LogP contribution is 2.15. The summed E-state index contributed by atoms with van der Waals surface area (Å²) in [5, 5.41) is 5.69. The van der Waals surface area contributed by atoms with Crippen LogP contribution in [0.1, 0.15) is 33.2 Å². The van der Waals surface area contributed by atoms with Crippen LogP contribution in [0, 0.1) is 0 Å². The van der Waals surface area contributed by atoms with Gasteiger partial charge in [-0.25, -0.2) is 0 Å². The molecule has 0 unspecified atom stereocenters. The van der Waals surface area contributed by atoms with E-state index in [4.69, 9.17) is 17.0 Å². The number of hydrogen-bond acceptors (Lipinski definition) is 4. The Labute approximate surface area is 174 Å². The van der Waals surface area contributed by atoms with Crippen LogP contribution >= 0.6 is 12.2 Å². The SMILES string of the molecule is CC(=O)c1cccc(NC(=S)NC(=O)c2ccc(OCc3ccccc3)cc2)c1. The number of carbonyl (C=O) groups is 2. The van der Waals surface area contributed by atoms with Gasteiger partial charge in [-0.1, -0.05) is 42.5 Å². The number of hydrogen-bond donors (Lipinski definition) is 2.